The minimum atomic E-state index is 0.603. The van der Waals surface area contributed by atoms with E-state index < -0.39 is 0 Å². The highest BCUT2D eigenvalue weighted by atomic mass is 16.5. The molecule has 2 rings (SSSR count). The van der Waals surface area contributed by atoms with Crippen molar-refractivity contribution in [2.75, 3.05) is 13.7 Å². The van der Waals surface area contributed by atoms with E-state index in [-0.39, 0.29) is 0 Å². The molecule has 0 aliphatic heterocycles. The zero-order chi connectivity index (χ0) is 11.4. The predicted molar refractivity (Wildman–Crippen MR) is 57.7 cm³/mol. The van der Waals surface area contributed by atoms with Crippen LogP contribution < -0.4 is 10.5 Å². The van der Waals surface area contributed by atoms with Crippen molar-refractivity contribution in [3.8, 4) is 17.1 Å². The predicted octanol–water partition coefficient (Wildman–Crippen LogP) is 0.530. The number of quaternary nitrogens is 1. The van der Waals surface area contributed by atoms with Gasteiger partial charge in [0.2, 0.25) is 11.7 Å². The molecule has 0 fully saturated rings. The molecule has 1 aromatic heterocycles. The summed E-state index contributed by atoms with van der Waals surface area (Å²) < 4.78 is 10.2. The van der Waals surface area contributed by atoms with Gasteiger partial charge in [-0.1, -0.05) is 5.16 Å². The fourth-order valence-electron chi connectivity index (χ4n) is 1.36. The lowest BCUT2D eigenvalue weighted by Gasteiger charge is -1.98. The molecule has 0 saturated heterocycles. The molecule has 1 aromatic carbocycles. The first-order valence-corrected chi connectivity index (χ1v) is 5.09. The number of nitrogens with zero attached hydrogens (tertiary/aromatic N) is 2. The monoisotopic (exact) mass is 220 g/mol. The van der Waals surface area contributed by atoms with Gasteiger partial charge in [0.1, 0.15) is 5.75 Å². The molecular weight excluding hydrogens is 206 g/mol. The maximum absolute atomic E-state index is 5.08. The summed E-state index contributed by atoms with van der Waals surface area (Å²) in [6, 6.07) is 7.54. The number of ether oxygens (including phenoxy) is 1. The Balaban J connectivity index is 2.21. The quantitative estimate of drug-likeness (QED) is 0.815. The minimum Gasteiger partial charge on any atom is -0.497 e. The van der Waals surface area contributed by atoms with Gasteiger partial charge in [0, 0.05) is 5.56 Å². The number of hydrogen-bond donors (Lipinski definition) is 1. The van der Waals surface area contributed by atoms with Crippen LogP contribution in [0.3, 0.4) is 0 Å². The molecule has 0 unspecified atom stereocenters. The minimum absolute atomic E-state index is 0.603. The average molecular weight is 220 g/mol. The Hall–Kier alpha value is -1.88. The summed E-state index contributed by atoms with van der Waals surface area (Å²) in [7, 11) is 1.63. The third-order valence-electron chi connectivity index (χ3n) is 2.21. The summed E-state index contributed by atoms with van der Waals surface area (Å²) in [5.74, 6) is 2.04. The molecule has 1 heterocycles. The molecule has 0 spiro atoms. The lowest BCUT2D eigenvalue weighted by atomic mass is 10.2. The topological polar surface area (TPSA) is 75.8 Å². The molecule has 0 bridgehead atoms. The van der Waals surface area contributed by atoms with Crippen molar-refractivity contribution < 1.29 is 15.0 Å². The van der Waals surface area contributed by atoms with Gasteiger partial charge >= 0.3 is 0 Å². The molecular formula is C11H14N3O2+. The molecule has 0 aliphatic rings. The molecule has 0 radical (unpaired) electrons. The SMILES string of the molecule is COc1ccc(-c2noc(CC[NH3+])n2)cc1. The van der Waals surface area contributed by atoms with Gasteiger partial charge in [0.05, 0.1) is 20.1 Å². The molecule has 5 heteroatoms. The number of rotatable bonds is 4. The summed E-state index contributed by atoms with van der Waals surface area (Å²) in [6.07, 6.45) is 0.711. The molecule has 2 aromatic rings. The van der Waals surface area contributed by atoms with Crippen LogP contribution in [0.2, 0.25) is 0 Å². The van der Waals surface area contributed by atoms with Crippen molar-refractivity contribution in [2.45, 2.75) is 6.42 Å². The molecule has 0 saturated carbocycles. The summed E-state index contributed by atoms with van der Waals surface area (Å²) in [5, 5.41) is 3.91. The van der Waals surface area contributed by atoms with Gasteiger partial charge < -0.3 is 15.0 Å². The summed E-state index contributed by atoms with van der Waals surface area (Å²) >= 11 is 0. The van der Waals surface area contributed by atoms with E-state index in [1.807, 2.05) is 24.3 Å². The van der Waals surface area contributed by atoms with Crippen molar-refractivity contribution in [1.82, 2.24) is 10.1 Å². The van der Waals surface area contributed by atoms with Crippen LogP contribution in [-0.2, 0) is 6.42 Å². The van der Waals surface area contributed by atoms with Crippen LogP contribution in [0, 0.1) is 0 Å². The maximum Gasteiger partial charge on any atom is 0.232 e. The van der Waals surface area contributed by atoms with Gasteiger partial charge in [-0.15, -0.1) is 0 Å². The Morgan fingerprint density at radius 1 is 1.31 bits per heavy atom. The van der Waals surface area contributed by atoms with E-state index in [9.17, 15) is 0 Å². The second kappa shape index (κ2) is 4.76. The van der Waals surface area contributed by atoms with E-state index >= 15 is 0 Å². The number of methoxy groups -OCH3 is 1. The Labute approximate surface area is 93.2 Å². The van der Waals surface area contributed by atoms with Crippen molar-refractivity contribution in [1.29, 1.82) is 0 Å². The standard InChI is InChI=1S/C11H13N3O2/c1-15-9-4-2-8(3-5-9)11-13-10(6-7-12)16-14-11/h2-5H,6-7,12H2,1H3/p+1. The average Bonchev–Trinajstić information content (AvgIpc) is 2.78. The second-order valence-electron chi connectivity index (χ2n) is 3.34. The summed E-state index contributed by atoms with van der Waals surface area (Å²) in [5.41, 5.74) is 4.66. The normalized spacial score (nSPS) is 10.4. The van der Waals surface area contributed by atoms with Crippen molar-refractivity contribution in [3.63, 3.8) is 0 Å². The molecule has 0 aliphatic carbocycles. The largest absolute Gasteiger partial charge is 0.497 e. The Morgan fingerprint density at radius 3 is 2.69 bits per heavy atom. The van der Waals surface area contributed by atoms with E-state index in [0.717, 1.165) is 17.9 Å². The van der Waals surface area contributed by atoms with Gasteiger partial charge in [-0.2, -0.15) is 4.98 Å². The lowest BCUT2D eigenvalue weighted by Crippen LogP contribution is -2.51. The summed E-state index contributed by atoms with van der Waals surface area (Å²) in [4.78, 5) is 4.27. The third kappa shape index (κ3) is 2.20. The zero-order valence-electron chi connectivity index (χ0n) is 9.14. The Kier molecular flexibility index (Phi) is 3.16. The number of aromatic nitrogens is 2. The van der Waals surface area contributed by atoms with E-state index in [4.69, 9.17) is 9.26 Å². The summed E-state index contributed by atoms with van der Waals surface area (Å²) in [6.45, 7) is 0.754. The fourth-order valence-corrected chi connectivity index (χ4v) is 1.36. The van der Waals surface area contributed by atoms with Crippen LogP contribution in [0.25, 0.3) is 11.4 Å². The van der Waals surface area contributed by atoms with Crippen LogP contribution in [0.1, 0.15) is 5.89 Å². The van der Waals surface area contributed by atoms with Crippen molar-refractivity contribution >= 4 is 0 Å². The van der Waals surface area contributed by atoms with E-state index in [1.165, 1.54) is 0 Å². The first kappa shape index (κ1) is 10.6. The first-order chi connectivity index (χ1) is 7.83. The van der Waals surface area contributed by atoms with Crippen LogP contribution >= 0.6 is 0 Å². The highest BCUT2D eigenvalue weighted by Gasteiger charge is 2.08. The Bertz CT molecular complexity index is 451. The van der Waals surface area contributed by atoms with Crippen LogP contribution in [-0.4, -0.2) is 23.8 Å². The van der Waals surface area contributed by atoms with Crippen LogP contribution in [0.15, 0.2) is 28.8 Å². The van der Waals surface area contributed by atoms with E-state index in [1.54, 1.807) is 7.11 Å². The van der Waals surface area contributed by atoms with Crippen molar-refractivity contribution in [3.05, 3.63) is 30.2 Å². The first-order valence-electron chi connectivity index (χ1n) is 5.09. The molecule has 84 valence electrons. The van der Waals surface area contributed by atoms with Gasteiger partial charge in [0.15, 0.2) is 0 Å². The zero-order valence-corrected chi connectivity index (χ0v) is 9.14. The highest BCUT2D eigenvalue weighted by Crippen LogP contribution is 2.19. The van der Waals surface area contributed by atoms with Gasteiger partial charge in [-0.05, 0) is 24.3 Å². The van der Waals surface area contributed by atoms with E-state index in [0.29, 0.717) is 18.1 Å². The smallest absolute Gasteiger partial charge is 0.232 e. The Morgan fingerprint density at radius 2 is 2.06 bits per heavy atom. The van der Waals surface area contributed by atoms with E-state index in [2.05, 4.69) is 15.9 Å². The molecule has 0 amide bonds. The van der Waals surface area contributed by atoms with Crippen molar-refractivity contribution in [2.24, 2.45) is 0 Å². The third-order valence-corrected chi connectivity index (χ3v) is 2.21. The number of hydrogen-bond acceptors (Lipinski definition) is 4. The van der Waals surface area contributed by atoms with Gasteiger partial charge in [0.25, 0.3) is 0 Å². The fraction of sp³-hybridized carbons (Fsp3) is 0.273. The molecule has 0 atom stereocenters. The van der Waals surface area contributed by atoms with Crippen LogP contribution in [0.4, 0.5) is 0 Å². The molecule has 5 nitrogen and oxygen atoms in total. The molecule has 16 heavy (non-hydrogen) atoms. The van der Waals surface area contributed by atoms with Crippen LogP contribution in [0.5, 0.6) is 5.75 Å². The lowest BCUT2D eigenvalue weighted by molar-refractivity contribution is -0.367. The highest BCUT2D eigenvalue weighted by molar-refractivity contribution is 5.55. The van der Waals surface area contributed by atoms with Gasteiger partial charge in [-0.3, -0.25) is 0 Å². The maximum atomic E-state index is 5.08. The second-order valence-corrected chi connectivity index (χ2v) is 3.34. The molecule has 3 N–H and O–H groups in total. The van der Waals surface area contributed by atoms with Gasteiger partial charge in [-0.25, -0.2) is 0 Å². The number of benzene rings is 1.